The van der Waals surface area contributed by atoms with Gasteiger partial charge in [0.15, 0.2) is 0 Å². The molecule has 0 unspecified atom stereocenters. The molecule has 1 aromatic heterocycles. The SMILES string of the molecule is [N-]=[N+]=NCC=Cc1cncc(O)c1. The zero-order valence-corrected chi connectivity index (χ0v) is 6.83. The zero-order valence-electron chi connectivity index (χ0n) is 6.83. The maximum Gasteiger partial charge on any atom is 0.134 e. The standard InChI is InChI=1S/C8H8N4O/c9-12-11-3-1-2-7-4-8(13)6-10-5-7/h1-2,4-6,13H,3H2. The third-order valence-corrected chi connectivity index (χ3v) is 1.31. The molecule has 0 fully saturated rings. The molecule has 0 aliphatic heterocycles. The van der Waals surface area contributed by atoms with Gasteiger partial charge in [-0.05, 0) is 17.2 Å². The van der Waals surface area contributed by atoms with E-state index in [9.17, 15) is 0 Å². The Morgan fingerprint density at radius 3 is 3.15 bits per heavy atom. The van der Waals surface area contributed by atoms with Crippen LogP contribution in [-0.4, -0.2) is 16.6 Å². The van der Waals surface area contributed by atoms with Crippen LogP contribution in [0, 0.1) is 0 Å². The Morgan fingerprint density at radius 1 is 1.62 bits per heavy atom. The molecule has 0 saturated carbocycles. The van der Waals surface area contributed by atoms with E-state index in [-0.39, 0.29) is 5.75 Å². The molecule has 0 aliphatic carbocycles. The van der Waals surface area contributed by atoms with Crippen LogP contribution in [0.3, 0.4) is 0 Å². The number of hydrogen-bond acceptors (Lipinski definition) is 3. The Bertz CT molecular complexity index is 355. The van der Waals surface area contributed by atoms with E-state index in [2.05, 4.69) is 15.0 Å². The molecule has 0 atom stereocenters. The minimum atomic E-state index is 0.117. The number of nitrogens with zero attached hydrogens (tertiary/aromatic N) is 4. The summed E-state index contributed by atoms with van der Waals surface area (Å²) in [5, 5.41) is 12.4. The summed E-state index contributed by atoms with van der Waals surface area (Å²) in [5.74, 6) is 0.117. The second-order valence-electron chi connectivity index (χ2n) is 2.29. The molecule has 0 aliphatic rings. The third-order valence-electron chi connectivity index (χ3n) is 1.31. The summed E-state index contributed by atoms with van der Waals surface area (Å²) >= 11 is 0. The highest BCUT2D eigenvalue weighted by atomic mass is 16.3. The first-order valence-electron chi connectivity index (χ1n) is 3.64. The van der Waals surface area contributed by atoms with Crippen LogP contribution in [-0.2, 0) is 0 Å². The van der Waals surface area contributed by atoms with Crippen LogP contribution in [0.4, 0.5) is 0 Å². The summed E-state index contributed by atoms with van der Waals surface area (Å²) < 4.78 is 0. The van der Waals surface area contributed by atoms with Crippen LogP contribution in [0.15, 0.2) is 29.7 Å². The summed E-state index contributed by atoms with van der Waals surface area (Å²) in [6.45, 7) is 0.298. The first-order valence-corrected chi connectivity index (χ1v) is 3.64. The molecule has 1 heterocycles. The highest BCUT2D eigenvalue weighted by Gasteiger charge is 1.88. The minimum absolute atomic E-state index is 0.117. The lowest BCUT2D eigenvalue weighted by Crippen LogP contribution is -1.76. The Morgan fingerprint density at radius 2 is 2.46 bits per heavy atom. The van der Waals surface area contributed by atoms with Crippen LogP contribution < -0.4 is 0 Å². The third kappa shape index (κ3) is 3.27. The number of pyridine rings is 1. The van der Waals surface area contributed by atoms with Crippen molar-refractivity contribution in [1.29, 1.82) is 0 Å². The predicted octanol–water partition coefficient (Wildman–Crippen LogP) is 2.11. The molecule has 13 heavy (non-hydrogen) atoms. The summed E-state index contributed by atoms with van der Waals surface area (Å²) in [4.78, 5) is 6.37. The molecule has 0 saturated heterocycles. The maximum atomic E-state index is 9.04. The smallest absolute Gasteiger partial charge is 0.134 e. The quantitative estimate of drug-likeness (QED) is 0.434. The lowest BCUT2D eigenvalue weighted by Gasteiger charge is -1.92. The van der Waals surface area contributed by atoms with E-state index in [4.69, 9.17) is 10.6 Å². The fourth-order valence-electron chi connectivity index (χ4n) is 0.809. The molecule has 5 nitrogen and oxygen atoms in total. The zero-order chi connectivity index (χ0) is 9.52. The van der Waals surface area contributed by atoms with E-state index in [1.807, 2.05) is 0 Å². The molecular formula is C8H8N4O. The topological polar surface area (TPSA) is 81.9 Å². The van der Waals surface area contributed by atoms with Crippen LogP contribution in [0.2, 0.25) is 0 Å². The monoisotopic (exact) mass is 176 g/mol. The molecule has 0 aromatic carbocycles. The van der Waals surface area contributed by atoms with Gasteiger partial charge in [-0.3, -0.25) is 4.98 Å². The molecule has 66 valence electrons. The first-order chi connectivity index (χ1) is 6.33. The molecular weight excluding hydrogens is 168 g/mol. The van der Waals surface area contributed by atoms with E-state index in [0.29, 0.717) is 6.54 Å². The van der Waals surface area contributed by atoms with E-state index >= 15 is 0 Å². The van der Waals surface area contributed by atoms with E-state index in [0.717, 1.165) is 5.56 Å². The number of azide groups is 1. The Hall–Kier alpha value is -2.00. The van der Waals surface area contributed by atoms with Crippen molar-refractivity contribution in [2.75, 3.05) is 6.54 Å². The average Bonchev–Trinajstić information content (AvgIpc) is 2.13. The number of hydrogen-bond donors (Lipinski definition) is 1. The molecule has 1 N–H and O–H groups in total. The average molecular weight is 176 g/mol. The Labute approximate surface area is 75.0 Å². The van der Waals surface area contributed by atoms with Crippen LogP contribution in [0.1, 0.15) is 5.56 Å². The summed E-state index contributed by atoms with van der Waals surface area (Å²) in [6, 6.07) is 1.57. The van der Waals surface area contributed by atoms with E-state index < -0.39 is 0 Å². The number of rotatable bonds is 3. The lowest BCUT2D eigenvalue weighted by molar-refractivity contribution is 0.472. The van der Waals surface area contributed by atoms with Crippen molar-refractivity contribution in [2.45, 2.75) is 0 Å². The first kappa shape index (κ1) is 9.09. The van der Waals surface area contributed by atoms with Gasteiger partial charge in [0, 0.05) is 17.7 Å². The van der Waals surface area contributed by atoms with Gasteiger partial charge in [-0.2, -0.15) is 0 Å². The van der Waals surface area contributed by atoms with Crippen molar-refractivity contribution >= 4 is 6.08 Å². The maximum absolute atomic E-state index is 9.04. The van der Waals surface area contributed by atoms with Crippen molar-refractivity contribution in [1.82, 2.24) is 4.98 Å². The minimum Gasteiger partial charge on any atom is -0.506 e. The van der Waals surface area contributed by atoms with E-state index in [1.54, 1.807) is 24.4 Å². The largest absolute Gasteiger partial charge is 0.506 e. The van der Waals surface area contributed by atoms with Crippen molar-refractivity contribution < 1.29 is 5.11 Å². The highest BCUT2D eigenvalue weighted by Crippen LogP contribution is 2.09. The van der Waals surface area contributed by atoms with Gasteiger partial charge < -0.3 is 5.11 Å². The molecule has 5 heteroatoms. The highest BCUT2D eigenvalue weighted by molar-refractivity contribution is 5.49. The molecule has 0 spiro atoms. The fourth-order valence-corrected chi connectivity index (χ4v) is 0.809. The lowest BCUT2D eigenvalue weighted by atomic mass is 10.2. The molecule has 0 bridgehead atoms. The van der Waals surface area contributed by atoms with Crippen LogP contribution in [0.5, 0.6) is 5.75 Å². The van der Waals surface area contributed by atoms with Crippen molar-refractivity contribution in [2.24, 2.45) is 5.11 Å². The second-order valence-corrected chi connectivity index (χ2v) is 2.29. The normalized spacial score (nSPS) is 9.85. The van der Waals surface area contributed by atoms with Crippen LogP contribution >= 0.6 is 0 Å². The van der Waals surface area contributed by atoms with Gasteiger partial charge in [0.25, 0.3) is 0 Å². The van der Waals surface area contributed by atoms with Gasteiger partial charge in [-0.15, -0.1) is 0 Å². The van der Waals surface area contributed by atoms with Crippen molar-refractivity contribution in [3.63, 3.8) is 0 Å². The van der Waals surface area contributed by atoms with Gasteiger partial charge in [0.1, 0.15) is 5.75 Å². The van der Waals surface area contributed by atoms with Gasteiger partial charge in [-0.1, -0.05) is 17.3 Å². The second kappa shape index (κ2) is 4.79. The van der Waals surface area contributed by atoms with Gasteiger partial charge >= 0.3 is 0 Å². The van der Waals surface area contributed by atoms with Gasteiger partial charge in [-0.25, -0.2) is 0 Å². The van der Waals surface area contributed by atoms with Crippen molar-refractivity contribution in [3.8, 4) is 5.75 Å². The molecule has 1 aromatic rings. The predicted molar refractivity (Wildman–Crippen MR) is 48.9 cm³/mol. The summed E-state index contributed by atoms with van der Waals surface area (Å²) in [5.41, 5.74) is 8.75. The number of aromatic nitrogens is 1. The van der Waals surface area contributed by atoms with Crippen LogP contribution in [0.25, 0.3) is 16.5 Å². The summed E-state index contributed by atoms with van der Waals surface area (Å²) in [6.07, 6.45) is 6.37. The van der Waals surface area contributed by atoms with Gasteiger partial charge in [0.2, 0.25) is 0 Å². The fraction of sp³-hybridized carbons (Fsp3) is 0.125. The molecule has 0 radical (unpaired) electrons. The van der Waals surface area contributed by atoms with Gasteiger partial charge in [0.05, 0.1) is 6.20 Å². The molecule has 0 amide bonds. The Balaban J connectivity index is 2.63. The van der Waals surface area contributed by atoms with Crippen molar-refractivity contribution in [3.05, 3.63) is 40.5 Å². The Kier molecular flexibility index (Phi) is 3.35. The number of aromatic hydroxyl groups is 1. The summed E-state index contributed by atoms with van der Waals surface area (Å²) in [7, 11) is 0. The van der Waals surface area contributed by atoms with E-state index in [1.165, 1.54) is 6.20 Å². The molecule has 1 rings (SSSR count).